The number of carbonyl (C=O) groups excluding carboxylic acids is 1. The number of unbranched alkanes of at least 4 members (excludes halogenated alkanes) is 19. The molecule has 0 aliphatic carbocycles. The molecule has 7 atom stereocenters. The number of rotatable bonds is 41. The fourth-order valence-electron chi connectivity index (χ4n) is 7.58. The Morgan fingerprint density at radius 3 is 1.48 bits per heavy atom. The molecule has 1 fully saturated rings. The summed E-state index contributed by atoms with van der Waals surface area (Å²) >= 11 is 0. The predicted molar refractivity (Wildman–Crippen MR) is 258 cm³/mol. The van der Waals surface area contributed by atoms with Gasteiger partial charge in [-0.15, -0.1) is 0 Å². The minimum atomic E-state index is -1.55. The highest BCUT2D eigenvalue weighted by molar-refractivity contribution is 5.76. The van der Waals surface area contributed by atoms with Crippen molar-refractivity contribution in [1.29, 1.82) is 0 Å². The summed E-state index contributed by atoms with van der Waals surface area (Å²) in [4.78, 5) is 13.0. The summed E-state index contributed by atoms with van der Waals surface area (Å²) in [5.74, 6) is -0.153. The zero-order valence-electron chi connectivity index (χ0n) is 39.4. The van der Waals surface area contributed by atoms with E-state index in [1.54, 1.807) is 0 Å². The maximum absolute atomic E-state index is 13.0. The normalized spacial score (nSPS) is 20.9. The highest BCUT2D eigenvalue weighted by atomic mass is 16.7. The summed E-state index contributed by atoms with van der Waals surface area (Å²) in [6.07, 6.45) is 50.8. The smallest absolute Gasteiger partial charge is 0.220 e. The van der Waals surface area contributed by atoms with Crippen LogP contribution in [0.25, 0.3) is 0 Å². The zero-order chi connectivity index (χ0) is 45.1. The van der Waals surface area contributed by atoms with E-state index >= 15 is 0 Å². The Kier molecular flexibility index (Phi) is 39.6. The number of hydrogen-bond donors (Lipinski definition) is 6. The van der Waals surface area contributed by atoms with Crippen molar-refractivity contribution < 1.29 is 39.8 Å². The van der Waals surface area contributed by atoms with Crippen LogP contribution in [0.3, 0.4) is 0 Å². The van der Waals surface area contributed by atoms with Crippen molar-refractivity contribution >= 4 is 5.91 Å². The Bertz CT molecular complexity index is 1200. The summed E-state index contributed by atoms with van der Waals surface area (Å²) in [6, 6.07) is -0.720. The number of amides is 1. The first-order chi connectivity index (χ1) is 30.3. The summed E-state index contributed by atoms with van der Waals surface area (Å²) in [7, 11) is 0. The minimum Gasteiger partial charge on any atom is -0.394 e. The van der Waals surface area contributed by atoms with Crippen molar-refractivity contribution in [2.45, 2.75) is 243 Å². The quantitative estimate of drug-likeness (QED) is 0.0263. The zero-order valence-corrected chi connectivity index (χ0v) is 39.4. The maximum atomic E-state index is 13.0. The second kappa shape index (κ2) is 42.6. The third-order valence-electron chi connectivity index (χ3n) is 11.6. The molecule has 6 N–H and O–H groups in total. The Morgan fingerprint density at radius 2 is 1.00 bits per heavy atom. The van der Waals surface area contributed by atoms with Gasteiger partial charge in [-0.2, -0.15) is 0 Å². The molecule has 1 heterocycles. The van der Waals surface area contributed by atoms with Crippen LogP contribution in [0.2, 0.25) is 0 Å². The van der Waals surface area contributed by atoms with Crippen LogP contribution in [-0.2, 0) is 14.3 Å². The van der Waals surface area contributed by atoms with Crippen LogP contribution in [0.5, 0.6) is 0 Å². The number of ether oxygens (including phenoxy) is 2. The van der Waals surface area contributed by atoms with E-state index < -0.39 is 49.5 Å². The van der Waals surface area contributed by atoms with Gasteiger partial charge in [-0.05, 0) is 64.2 Å². The molecule has 1 aliphatic rings. The largest absolute Gasteiger partial charge is 0.394 e. The Balaban J connectivity index is 2.13. The van der Waals surface area contributed by atoms with E-state index in [1.165, 1.54) is 96.3 Å². The van der Waals surface area contributed by atoms with E-state index in [4.69, 9.17) is 9.47 Å². The van der Waals surface area contributed by atoms with Gasteiger partial charge in [0.1, 0.15) is 24.4 Å². The second-order valence-electron chi connectivity index (χ2n) is 17.2. The highest BCUT2D eigenvalue weighted by Crippen LogP contribution is 2.23. The van der Waals surface area contributed by atoms with Crippen molar-refractivity contribution in [3.63, 3.8) is 0 Å². The van der Waals surface area contributed by atoms with Crippen LogP contribution in [0.4, 0.5) is 0 Å². The first-order valence-electron chi connectivity index (χ1n) is 25.1. The molecular formula is C53H93NO8. The van der Waals surface area contributed by atoms with E-state index in [-0.39, 0.29) is 12.5 Å². The van der Waals surface area contributed by atoms with Gasteiger partial charge in [-0.25, -0.2) is 0 Å². The first-order valence-corrected chi connectivity index (χ1v) is 25.1. The van der Waals surface area contributed by atoms with Gasteiger partial charge in [0.2, 0.25) is 5.91 Å². The lowest BCUT2D eigenvalue weighted by molar-refractivity contribution is -0.302. The molecule has 9 heteroatoms. The van der Waals surface area contributed by atoms with Crippen LogP contribution >= 0.6 is 0 Å². The molecule has 0 aromatic rings. The van der Waals surface area contributed by atoms with Gasteiger partial charge in [0.15, 0.2) is 6.29 Å². The number of aliphatic hydroxyl groups excluding tert-OH is 5. The van der Waals surface area contributed by atoms with Gasteiger partial charge in [0, 0.05) is 6.42 Å². The van der Waals surface area contributed by atoms with Crippen molar-refractivity contribution in [2.24, 2.45) is 0 Å². The van der Waals surface area contributed by atoms with Crippen LogP contribution in [0, 0.1) is 0 Å². The van der Waals surface area contributed by atoms with Crippen LogP contribution in [-0.4, -0.2) is 87.5 Å². The number of carbonyl (C=O) groups is 1. The average molecular weight is 872 g/mol. The third kappa shape index (κ3) is 32.3. The van der Waals surface area contributed by atoms with Gasteiger partial charge in [-0.1, -0.05) is 202 Å². The predicted octanol–water partition coefficient (Wildman–Crippen LogP) is 11.3. The third-order valence-corrected chi connectivity index (χ3v) is 11.6. The minimum absolute atomic E-state index is 0.142. The van der Waals surface area contributed by atoms with Crippen molar-refractivity contribution in [1.82, 2.24) is 5.32 Å². The second-order valence-corrected chi connectivity index (χ2v) is 17.2. The Hall–Kier alpha value is -2.37. The van der Waals surface area contributed by atoms with Crippen molar-refractivity contribution in [2.75, 3.05) is 13.2 Å². The number of nitrogens with one attached hydrogen (secondary N) is 1. The van der Waals surface area contributed by atoms with Gasteiger partial charge in [0.25, 0.3) is 0 Å². The van der Waals surface area contributed by atoms with Crippen LogP contribution in [0.15, 0.2) is 72.9 Å². The SMILES string of the molecule is CC/C=C\C/C=C\C/C=C\C/C=C\C/C=C\C/C=C\CCCCCCCCCCCCCCC(=O)NC(COC1OC(CO)C(O)C(O)C1O)C(O)CCCCCCCCCC. The standard InChI is InChI=1S/C53H93NO8/c1-3-5-7-9-11-13-14-15-16-17-18-19-20-21-22-23-24-25-26-27-28-29-30-31-32-33-34-35-37-39-41-43-49(57)54-46(47(56)42-40-38-36-12-10-8-6-4-2)45-61-53-52(60)51(59)50(58)48(44-55)62-53/h5,7,11,13,15-16,18-19,21-22,24-25,46-48,50-53,55-56,58-60H,3-4,6,8-10,12,14,17,20,23,26-45H2,1-2H3,(H,54,57)/b7-5-,13-11-,16-15-,19-18-,22-21-,25-24-. The molecule has 9 nitrogen and oxygen atoms in total. The van der Waals surface area contributed by atoms with E-state index in [2.05, 4.69) is 92.1 Å². The molecule has 1 amide bonds. The number of hydrogen-bond acceptors (Lipinski definition) is 8. The first kappa shape index (κ1) is 57.6. The molecule has 0 aromatic carbocycles. The molecule has 62 heavy (non-hydrogen) atoms. The molecule has 0 aromatic heterocycles. The summed E-state index contributed by atoms with van der Waals surface area (Å²) in [6.45, 7) is 3.67. The Morgan fingerprint density at radius 1 is 0.565 bits per heavy atom. The van der Waals surface area contributed by atoms with Gasteiger partial charge >= 0.3 is 0 Å². The van der Waals surface area contributed by atoms with Gasteiger partial charge in [0.05, 0.1) is 25.4 Å². The van der Waals surface area contributed by atoms with Gasteiger partial charge < -0.3 is 40.3 Å². The molecule has 358 valence electrons. The average Bonchev–Trinajstić information content (AvgIpc) is 3.27. The van der Waals surface area contributed by atoms with E-state index in [0.29, 0.717) is 12.8 Å². The summed E-state index contributed by atoms with van der Waals surface area (Å²) in [5, 5.41) is 54.2. The summed E-state index contributed by atoms with van der Waals surface area (Å²) < 4.78 is 11.2. The van der Waals surface area contributed by atoms with E-state index in [1.807, 2.05) is 0 Å². The lowest BCUT2D eigenvalue weighted by atomic mass is 9.99. The summed E-state index contributed by atoms with van der Waals surface area (Å²) in [5.41, 5.74) is 0. The molecule has 1 aliphatic heterocycles. The van der Waals surface area contributed by atoms with Crippen LogP contribution < -0.4 is 5.32 Å². The van der Waals surface area contributed by atoms with E-state index in [9.17, 15) is 30.3 Å². The molecule has 0 bridgehead atoms. The number of aliphatic hydroxyl groups is 5. The lowest BCUT2D eigenvalue weighted by Gasteiger charge is -2.40. The lowest BCUT2D eigenvalue weighted by Crippen LogP contribution is -2.60. The molecule has 0 spiro atoms. The maximum Gasteiger partial charge on any atom is 0.220 e. The fraction of sp³-hybridized carbons (Fsp3) is 0.755. The molecule has 0 radical (unpaired) electrons. The molecule has 7 unspecified atom stereocenters. The Labute approximate surface area is 378 Å². The topological polar surface area (TPSA) is 149 Å². The van der Waals surface area contributed by atoms with Crippen molar-refractivity contribution in [3.8, 4) is 0 Å². The number of allylic oxidation sites excluding steroid dienone is 12. The monoisotopic (exact) mass is 872 g/mol. The van der Waals surface area contributed by atoms with E-state index in [0.717, 1.165) is 77.0 Å². The molecule has 1 rings (SSSR count). The fourth-order valence-corrected chi connectivity index (χ4v) is 7.58. The van der Waals surface area contributed by atoms with Crippen molar-refractivity contribution in [3.05, 3.63) is 72.9 Å². The molecule has 1 saturated heterocycles. The van der Waals surface area contributed by atoms with Crippen LogP contribution in [0.1, 0.15) is 200 Å². The van der Waals surface area contributed by atoms with Gasteiger partial charge in [-0.3, -0.25) is 4.79 Å². The molecule has 0 saturated carbocycles. The molecular weight excluding hydrogens is 779 g/mol. The highest BCUT2D eigenvalue weighted by Gasteiger charge is 2.44.